The molecule has 0 bridgehead atoms. The summed E-state index contributed by atoms with van der Waals surface area (Å²) in [5.74, 6) is 1.73. The van der Waals surface area contributed by atoms with Crippen molar-refractivity contribution in [3.63, 3.8) is 0 Å². The Labute approximate surface area is 197 Å². The molecule has 3 rings (SSSR count). The van der Waals surface area contributed by atoms with E-state index in [1.54, 1.807) is 32.4 Å². The Morgan fingerprint density at radius 3 is 2.55 bits per heavy atom. The number of nitrogens with zero attached hydrogens (tertiary/aromatic N) is 1. The van der Waals surface area contributed by atoms with Gasteiger partial charge >= 0.3 is 0 Å². The number of hydrogen-bond acceptors (Lipinski definition) is 6. The summed E-state index contributed by atoms with van der Waals surface area (Å²) in [6.07, 6.45) is 2.44. The minimum Gasteiger partial charge on any atom is -0.493 e. The maximum Gasteiger partial charge on any atom is 0.265 e. The molecule has 0 radical (unpaired) electrons. The molecule has 1 aliphatic heterocycles. The quantitative estimate of drug-likeness (QED) is 0.278. The monoisotopic (exact) mass is 477 g/mol. The normalized spacial score (nSPS) is 15.0. The van der Waals surface area contributed by atoms with Gasteiger partial charge in [0.15, 0.2) is 11.5 Å². The van der Waals surface area contributed by atoms with E-state index in [9.17, 15) is 4.79 Å². The van der Waals surface area contributed by atoms with E-state index in [4.69, 9.17) is 38.0 Å². The maximum absolute atomic E-state index is 12.2. The average Bonchev–Trinajstić information content (AvgIpc) is 2.97. The molecule has 1 heterocycles. The molecule has 0 atom stereocenters. The first kappa shape index (κ1) is 23.4. The zero-order chi connectivity index (χ0) is 22.5. The number of aryl methyl sites for hydroxylation is 2. The van der Waals surface area contributed by atoms with Crippen molar-refractivity contribution in [2.75, 3.05) is 27.4 Å². The second kappa shape index (κ2) is 10.4. The van der Waals surface area contributed by atoms with Crippen LogP contribution in [0.4, 0.5) is 0 Å². The maximum atomic E-state index is 12.2. The lowest BCUT2D eigenvalue weighted by molar-refractivity contribution is -0.121. The number of halogens is 1. The Kier molecular flexibility index (Phi) is 7.86. The first-order valence-corrected chi connectivity index (χ1v) is 11.3. The Balaban J connectivity index is 1.62. The molecule has 2 aromatic rings. The predicted octanol–water partition coefficient (Wildman–Crippen LogP) is 5.64. The summed E-state index contributed by atoms with van der Waals surface area (Å²) in [6.45, 7) is 5.02. The minimum atomic E-state index is -0.130. The van der Waals surface area contributed by atoms with Crippen molar-refractivity contribution in [2.45, 2.75) is 20.3 Å². The third kappa shape index (κ3) is 5.73. The Hall–Kier alpha value is -2.22. The van der Waals surface area contributed by atoms with Gasteiger partial charge in [0.05, 0.1) is 30.3 Å². The molecule has 0 aliphatic carbocycles. The summed E-state index contributed by atoms with van der Waals surface area (Å²) in [6, 6.07) is 9.67. The predicted molar refractivity (Wildman–Crippen MR) is 130 cm³/mol. The average molecular weight is 478 g/mol. The first-order chi connectivity index (χ1) is 14.8. The summed E-state index contributed by atoms with van der Waals surface area (Å²) in [7, 11) is 3.21. The van der Waals surface area contributed by atoms with Crippen LogP contribution in [0.5, 0.6) is 17.2 Å². The molecule has 1 aliphatic rings. The molecule has 0 saturated carbocycles. The van der Waals surface area contributed by atoms with Gasteiger partial charge in [-0.25, -0.2) is 0 Å². The molecule has 1 fully saturated rings. The molecule has 0 unspecified atom stereocenters. The molecular formula is C23H24ClNO4S2. The molecule has 1 amide bonds. The van der Waals surface area contributed by atoms with Crippen LogP contribution in [-0.4, -0.2) is 42.5 Å². The van der Waals surface area contributed by atoms with E-state index in [-0.39, 0.29) is 5.91 Å². The van der Waals surface area contributed by atoms with Crippen molar-refractivity contribution in [3.05, 3.63) is 56.9 Å². The number of carbonyl (C=O) groups is 1. The lowest BCUT2D eigenvalue weighted by Crippen LogP contribution is -2.22. The van der Waals surface area contributed by atoms with Gasteiger partial charge in [-0.1, -0.05) is 47.7 Å². The fourth-order valence-corrected chi connectivity index (χ4v) is 4.39. The highest BCUT2D eigenvalue weighted by Gasteiger charge is 2.28. The van der Waals surface area contributed by atoms with Crippen molar-refractivity contribution in [1.29, 1.82) is 0 Å². The van der Waals surface area contributed by atoms with Crippen LogP contribution in [0.1, 0.15) is 23.1 Å². The molecule has 2 aromatic carbocycles. The molecule has 31 heavy (non-hydrogen) atoms. The molecule has 0 spiro atoms. The Bertz CT molecular complexity index is 1040. The van der Waals surface area contributed by atoms with Gasteiger partial charge in [-0.3, -0.25) is 9.69 Å². The number of rotatable bonds is 8. The molecule has 0 N–H and O–H groups in total. The second-order valence-electron chi connectivity index (χ2n) is 7.09. The van der Waals surface area contributed by atoms with Crippen LogP contribution >= 0.6 is 35.6 Å². The highest BCUT2D eigenvalue weighted by molar-refractivity contribution is 8.26. The van der Waals surface area contributed by atoms with E-state index < -0.39 is 0 Å². The van der Waals surface area contributed by atoms with E-state index in [0.29, 0.717) is 45.4 Å². The number of hydrogen-bond donors (Lipinski definition) is 0. The van der Waals surface area contributed by atoms with E-state index in [0.717, 1.165) is 22.4 Å². The van der Waals surface area contributed by atoms with E-state index >= 15 is 0 Å². The van der Waals surface area contributed by atoms with Crippen LogP contribution in [-0.2, 0) is 4.79 Å². The summed E-state index contributed by atoms with van der Waals surface area (Å²) >= 11 is 12.9. The highest BCUT2D eigenvalue weighted by atomic mass is 35.5. The van der Waals surface area contributed by atoms with Crippen molar-refractivity contribution < 1.29 is 19.0 Å². The number of thioether (sulfide) groups is 1. The number of amides is 1. The molecule has 8 heteroatoms. The zero-order valence-corrected chi connectivity index (χ0v) is 20.2. The number of ether oxygens (including phenoxy) is 3. The van der Waals surface area contributed by atoms with Gasteiger partial charge in [0.1, 0.15) is 10.1 Å². The third-order valence-corrected chi connectivity index (χ3v) is 6.44. The van der Waals surface area contributed by atoms with Gasteiger partial charge in [0.25, 0.3) is 5.91 Å². The van der Waals surface area contributed by atoms with Crippen molar-refractivity contribution in [2.24, 2.45) is 0 Å². The SMILES string of the molecule is COc1cc(C=C2SC(=S)N(C)C2=O)cc(Cl)c1OCCCOc1cc(C)ccc1C. The topological polar surface area (TPSA) is 48.0 Å². The first-order valence-electron chi connectivity index (χ1n) is 9.72. The largest absolute Gasteiger partial charge is 0.493 e. The number of benzene rings is 2. The molecule has 0 aromatic heterocycles. The second-order valence-corrected chi connectivity index (χ2v) is 9.18. The molecule has 164 valence electrons. The van der Waals surface area contributed by atoms with Gasteiger partial charge in [-0.15, -0.1) is 0 Å². The Morgan fingerprint density at radius 1 is 1.13 bits per heavy atom. The highest BCUT2D eigenvalue weighted by Crippen LogP contribution is 2.38. The van der Waals surface area contributed by atoms with E-state index in [1.165, 1.54) is 16.7 Å². The molecule has 1 saturated heterocycles. The standard InChI is InChI=1S/C23H24ClNO4S2/c1-14-6-7-15(2)18(10-14)28-8-5-9-29-21-17(24)11-16(12-19(21)27-4)13-20-22(26)25(3)23(30)31-20/h6-7,10-13H,5,8-9H2,1-4H3. The zero-order valence-electron chi connectivity index (χ0n) is 17.9. The van der Waals surface area contributed by atoms with Gasteiger partial charge < -0.3 is 14.2 Å². The van der Waals surface area contributed by atoms with Gasteiger partial charge in [-0.05, 0) is 54.8 Å². The fourth-order valence-electron chi connectivity index (χ4n) is 2.94. The lowest BCUT2D eigenvalue weighted by atomic mass is 10.1. The third-order valence-electron chi connectivity index (χ3n) is 4.67. The van der Waals surface area contributed by atoms with E-state index in [1.807, 2.05) is 26.0 Å². The summed E-state index contributed by atoms with van der Waals surface area (Å²) < 4.78 is 17.7. The summed E-state index contributed by atoms with van der Waals surface area (Å²) in [4.78, 5) is 14.2. The van der Waals surface area contributed by atoms with E-state index in [2.05, 4.69) is 6.07 Å². The van der Waals surface area contributed by atoms with Crippen molar-refractivity contribution in [3.8, 4) is 17.2 Å². The van der Waals surface area contributed by atoms with Crippen molar-refractivity contribution in [1.82, 2.24) is 4.90 Å². The molecular weight excluding hydrogens is 454 g/mol. The number of carbonyl (C=O) groups excluding carboxylic acids is 1. The summed E-state index contributed by atoms with van der Waals surface area (Å²) in [5, 5.41) is 0.410. The number of likely N-dealkylation sites (N-methyl/N-ethyl adjacent to an activating group) is 1. The Morgan fingerprint density at radius 2 is 1.87 bits per heavy atom. The van der Waals surface area contributed by atoms with Crippen LogP contribution < -0.4 is 14.2 Å². The van der Waals surface area contributed by atoms with Crippen LogP contribution in [0.2, 0.25) is 5.02 Å². The van der Waals surface area contributed by atoms with Gasteiger partial charge in [0, 0.05) is 13.5 Å². The van der Waals surface area contributed by atoms with Crippen molar-refractivity contribution >= 4 is 51.9 Å². The van der Waals surface area contributed by atoms with Crippen LogP contribution in [0.25, 0.3) is 6.08 Å². The minimum absolute atomic E-state index is 0.130. The number of thiocarbonyl (C=S) groups is 1. The van der Waals surface area contributed by atoms with Crippen LogP contribution in [0, 0.1) is 13.8 Å². The smallest absolute Gasteiger partial charge is 0.265 e. The van der Waals surface area contributed by atoms with Crippen LogP contribution in [0.15, 0.2) is 35.2 Å². The fraction of sp³-hybridized carbons (Fsp3) is 0.304. The van der Waals surface area contributed by atoms with Gasteiger partial charge in [0.2, 0.25) is 0 Å². The van der Waals surface area contributed by atoms with Gasteiger partial charge in [-0.2, -0.15) is 0 Å². The molecule has 5 nitrogen and oxygen atoms in total. The lowest BCUT2D eigenvalue weighted by Gasteiger charge is -2.14. The van der Waals surface area contributed by atoms with Crippen LogP contribution in [0.3, 0.4) is 0 Å². The summed E-state index contributed by atoms with van der Waals surface area (Å²) in [5.41, 5.74) is 3.00. The number of methoxy groups -OCH3 is 1.